The molecule has 2 aromatic heterocycles. The first-order valence-electron chi connectivity index (χ1n) is 15.0. The topological polar surface area (TPSA) is 109 Å². The van der Waals surface area contributed by atoms with E-state index < -0.39 is 12.0 Å². The summed E-state index contributed by atoms with van der Waals surface area (Å²) in [5, 5.41) is 0. The predicted molar refractivity (Wildman–Crippen MR) is 180 cm³/mol. The monoisotopic (exact) mass is 706 g/mol. The van der Waals surface area contributed by atoms with Gasteiger partial charge in [-0.05, 0) is 82.1 Å². The Hall–Kier alpha value is -4.22. The van der Waals surface area contributed by atoms with Crippen LogP contribution in [0.4, 0.5) is 0 Å². The second kappa shape index (κ2) is 14.0. The average molecular weight is 708 g/mol. The number of hydrogen-bond donors (Lipinski definition) is 0. The highest BCUT2D eigenvalue weighted by Crippen LogP contribution is 2.38. The zero-order chi connectivity index (χ0) is 33.1. The smallest absolute Gasteiger partial charge is 0.338 e. The Balaban J connectivity index is 1.62. The van der Waals surface area contributed by atoms with E-state index in [2.05, 4.69) is 15.9 Å². The second-order valence-corrected chi connectivity index (χ2v) is 12.9. The first-order valence-corrected chi connectivity index (χ1v) is 16.6. The summed E-state index contributed by atoms with van der Waals surface area (Å²) in [6.07, 6.45) is 2.74. The number of thiazole rings is 1. The SMILES string of the molecule is CCCC1=C(C(=O)OCC)[C@@H](c2cc(Br)ccc2OC)n2c(s/c(=C\c3ccc(-c4ccc(C(=O)OC(C)C)cc4C)o3)c2=O)=N1. The molecule has 1 atom stereocenters. The molecule has 11 heteroatoms. The molecule has 3 heterocycles. The highest BCUT2D eigenvalue weighted by atomic mass is 79.9. The number of carbonyl (C=O) groups excluding carboxylic acids is 2. The zero-order valence-electron chi connectivity index (χ0n) is 26.5. The molecular weight excluding hydrogens is 672 g/mol. The summed E-state index contributed by atoms with van der Waals surface area (Å²) in [7, 11) is 1.55. The minimum Gasteiger partial charge on any atom is -0.496 e. The number of carbonyl (C=O) groups is 2. The van der Waals surface area contributed by atoms with Gasteiger partial charge in [-0.15, -0.1) is 0 Å². The molecule has 2 aromatic carbocycles. The lowest BCUT2D eigenvalue weighted by Gasteiger charge is -2.27. The van der Waals surface area contributed by atoms with Crippen LogP contribution in [-0.2, 0) is 14.3 Å². The molecule has 0 bridgehead atoms. The van der Waals surface area contributed by atoms with Gasteiger partial charge >= 0.3 is 11.9 Å². The van der Waals surface area contributed by atoms with Gasteiger partial charge in [-0.2, -0.15) is 0 Å². The Morgan fingerprint density at radius 3 is 2.57 bits per heavy atom. The lowest BCUT2D eigenvalue weighted by atomic mass is 9.93. The van der Waals surface area contributed by atoms with E-state index >= 15 is 0 Å². The van der Waals surface area contributed by atoms with Crippen LogP contribution in [0.25, 0.3) is 17.4 Å². The van der Waals surface area contributed by atoms with Crippen molar-refractivity contribution in [3.8, 4) is 17.1 Å². The zero-order valence-corrected chi connectivity index (χ0v) is 28.9. The number of aromatic nitrogens is 1. The van der Waals surface area contributed by atoms with Crippen molar-refractivity contribution in [2.75, 3.05) is 13.7 Å². The van der Waals surface area contributed by atoms with Crippen LogP contribution in [0.2, 0.25) is 0 Å². The van der Waals surface area contributed by atoms with E-state index in [0.29, 0.717) is 55.4 Å². The van der Waals surface area contributed by atoms with E-state index in [4.69, 9.17) is 23.6 Å². The molecule has 1 aliphatic heterocycles. The number of nitrogens with zero attached hydrogens (tertiary/aromatic N) is 2. The van der Waals surface area contributed by atoms with Gasteiger partial charge in [-0.3, -0.25) is 9.36 Å². The van der Waals surface area contributed by atoms with Gasteiger partial charge in [0.15, 0.2) is 4.80 Å². The lowest BCUT2D eigenvalue weighted by Crippen LogP contribution is -2.40. The van der Waals surface area contributed by atoms with Gasteiger partial charge in [0.1, 0.15) is 23.3 Å². The fraction of sp³-hybridized carbons (Fsp3) is 0.314. The number of methoxy groups -OCH3 is 1. The maximum absolute atomic E-state index is 14.2. The van der Waals surface area contributed by atoms with Crippen molar-refractivity contribution in [3.05, 3.63) is 106 Å². The van der Waals surface area contributed by atoms with E-state index in [1.807, 2.05) is 52.0 Å². The molecule has 0 N–H and O–H groups in total. The van der Waals surface area contributed by atoms with Crippen LogP contribution in [0, 0.1) is 6.92 Å². The number of aryl methyl sites for hydroxylation is 1. The largest absolute Gasteiger partial charge is 0.496 e. The molecule has 1 aliphatic rings. The van der Waals surface area contributed by atoms with Crippen molar-refractivity contribution in [2.45, 2.75) is 59.6 Å². The molecule has 0 radical (unpaired) electrons. The van der Waals surface area contributed by atoms with Gasteiger partial charge in [0, 0.05) is 21.7 Å². The summed E-state index contributed by atoms with van der Waals surface area (Å²) in [5.74, 6) is 0.680. The molecule has 0 fully saturated rings. The van der Waals surface area contributed by atoms with Crippen molar-refractivity contribution in [3.63, 3.8) is 0 Å². The summed E-state index contributed by atoms with van der Waals surface area (Å²) in [4.78, 5) is 45.3. The van der Waals surface area contributed by atoms with Gasteiger partial charge in [0.2, 0.25) is 0 Å². The Morgan fingerprint density at radius 1 is 1.11 bits per heavy atom. The maximum atomic E-state index is 14.2. The number of esters is 2. The molecule has 240 valence electrons. The summed E-state index contributed by atoms with van der Waals surface area (Å²) in [6, 6.07) is 13.6. The van der Waals surface area contributed by atoms with Crippen LogP contribution in [-0.4, -0.2) is 36.3 Å². The third kappa shape index (κ3) is 6.66. The Labute approximate surface area is 279 Å². The maximum Gasteiger partial charge on any atom is 0.338 e. The molecular formula is C35H35BrN2O7S. The molecule has 5 rings (SSSR count). The number of benzene rings is 2. The van der Waals surface area contributed by atoms with Crippen molar-refractivity contribution >= 4 is 45.3 Å². The van der Waals surface area contributed by atoms with Crippen LogP contribution in [0.5, 0.6) is 5.75 Å². The van der Waals surface area contributed by atoms with Crippen molar-refractivity contribution < 1.29 is 28.2 Å². The van der Waals surface area contributed by atoms with Gasteiger partial charge < -0.3 is 18.6 Å². The van der Waals surface area contributed by atoms with Crippen molar-refractivity contribution in [2.24, 2.45) is 4.99 Å². The van der Waals surface area contributed by atoms with E-state index in [1.54, 1.807) is 44.4 Å². The molecule has 4 aromatic rings. The minimum absolute atomic E-state index is 0.180. The Bertz CT molecular complexity index is 2020. The number of fused-ring (bicyclic) bond motifs is 1. The first kappa shape index (κ1) is 33.2. The average Bonchev–Trinajstić information content (AvgIpc) is 3.60. The van der Waals surface area contributed by atoms with Crippen LogP contribution in [0.15, 0.2) is 78.5 Å². The minimum atomic E-state index is -0.817. The molecule has 0 amide bonds. The highest BCUT2D eigenvalue weighted by Gasteiger charge is 2.36. The van der Waals surface area contributed by atoms with E-state index in [9.17, 15) is 14.4 Å². The number of halogens is 1. The van der Waals surface area contributed by atoms with Gasteiger partial charge in [0.05, 0.1) is 41.2 Å². The molecule has 46 heavy (non-hydrogen) atoms. The standard InChI is InChI=1S/C35H35BrN2O7S/c1-7-9-26-30(34(41)43-8-2)31(25-17-22(36)11-14-27(25)42-6)38-32(39)29(46-35(38)37-26)18-23-12-15-28(45-23)24-13-10-21(16-20(24)5)33(40)44-19(3)4/h10-19,31H,7-9H2,1-6H3/b29-18-/t31-/m1/s1. The third-order valence-electron chi connectivity index (χ3n) is 7.35. The quantitative estimate of drug-likeness (QED) is 0.174. The lowest BCUT2D eigenvalue weighted by molar-refractivity contribution is -0.139. The predicted octanol–water partition coefficient (Wildman–Crippen LogP) is 6.48. The van der Waals surface area contributed by atoms with Crippen LogP contribution in [0.1, 0.15) is 73.8 Å². The highest BCUT2D eigenvalue weighted by molar-refractivity contribution is 9.10. The first-order chi connectivity index (χ1) is 22.1. The van der Waals surface area contributed by atoms with Crippen LogP contribution < -0.4 is 19.6 Å². The number of allylic oxidation sites excluding steroid dienone is 1. The fourth-order valence-electron chi connectivity index (χ4n) is 5.39. The van der Waals surface area contributed by atoms with Gasteiger partial charge in [0.25, 0.3) is 5.56 Å². The van der Waals surface area contributed by atoms with Crippen LogP contribution in [0.3, 0.4) is 0 Å². The molecule has 9 nitrogen and oxygen atoms in total. The number of furan rings is 1. The fourth-order valence-corrected chi connectivity index (χ4v) is 6.77. The second-order valence-electron chi connectivity index (χ2n) is 11.0. The molecule has 0 aliphatic carbocycles. The summed E-state index contributed by atoms with van der Waals surface area (Å²) < 4.78 is 25.4. The number of rotatable bonds is 10. The Kier molecular flexibility index (Phi) is 10.1. The molecule has 0 spiro atoms. The van der Waals surface area contributed by atoms with Gasteiger partial charge in [-0.1, -0.05) is 46.7 Å². The van der Waals surface area contributed by atoms with Crippen LogP contribution >= 0.6 is 27.3 Å². The van der Waals surface area contributed by atoms with Gasteiger partial charge in [-0.25, -0.2) is 14.6 Å². The van der Waals surface area contributed by atoms with E-state index in [1.165, 1.54) is 15.9 Å². The van der Waals surface area contributed by atoms with E-state index in [-0.39, 0.29) is 24.2 Å². The Morgan fingerprint density at radius 2 is 1.89 bits per heavy atom. The van der Waals surface area contributed by atoms with Crippen molar-refractivity contribution in [1.29, 1.82) is 0 Å². The number of hydrogen-bond acceptors (Lipinski definition) is 9. The third-order valence-corrected chi connectivity index (χ3v) is 8.83. The van der Waals surface area contributed by atoms with E-state index in [0.717, 1.165) is 22.0 Å². The summed E-state index contributed by atoms with van der Waals surface area (Å²) >= 11 is 4.77. The summed E-state index contributed by atoms with van der Waals surface area (Å²) in [6.45, 7) is 9.45. The molecule has 0 saturated heterocycles. The normalized spacial score (nSPS) is 14.7. The summed E-state index contributed by atoms with van der Waals surface area (Å²) in [5.41, 5.74) is 3.32. The van der Waals surface area contributed by atoms with Crippen molar-refractivity contribution in [1.82, 2.24) is 4.57 Å². The molecule has 0 unspecified atom stereocenters. The number of ether oxygens (including phenoxy) is 3. The molecule has 0 saturated carbocycles.